The quantitative estimate of drug-likeness (QED) is 0.793. The summed E-state index contributed by atoms with van der Waals surface area (Å²) < 4.78 is 0. The van der Waals surface area contributed by atoms with Gasteiger partial charge in [-0.1, -0.05) is 0 Å². The fourth-order valence-corrected chi connectivity index (χ4v) is 3.94. The Balaban J connectivity index is 1.79. The van der Waals surface area contributed by atoms with Crippen LogP contribution in [-0.4, -0.2) is 52.3 Å². The molecule has 1 atom stereocenters. The van der Waals surface area contributed by atoms with Crippen molar-refractivity contribution >= 4 is 23.2 Å². The third kappa shape index (κ3) is 2.22. The molecular weight excluding hydrogens is 274 g/mol. The molecule has 2 aliphatic rings. The van der Waals surface area contributed by atoms with E-state index in [1.54, 1.807) is 10.9 Å². The number of hydrogen-bond acceptors (Lipinski definition) is 4. The molecule has 0 unspecified atom stereocenters. The summed E-state index contributed by atoms with van der Waals surface area (Å²) in [7, 11) is 1.89. The summed E-state index contributed by atoms with van der Waals surface area (Å²) in [5, 5.41) is 1.79. The second kappa shape index (κ2) is 5.16. The maximum Gasteiger partial charge on any atom is 0.273 e. The van der Waals surface area contributed by atoms with Crippen LogP contribution in [0.4, 0.5) is 0 Å². The molecular formula is C14H19N3O2S. The number of likely N-dealkylation sites (tertiary alicyclic amines) is 2. The van der Waals surface area contributed by atoms with Gasteiger partial charge in [-0.25, -0.2) is 4.98 Å². The van der Waals surface area contributed by atoms with Crippen LogP contribution in [0.5, 0.6) is 0 Å². The summed E-state index contributed by atoms with van der Waals surface area (Å²) in [5.41, 5.74) is 2.06. The highest BCUT2D eigenvalue weighted by Crippen LogP contribution is 2.35. The second-order valence-electron chi connectivity index (χ2n) is 5.73. The Morgan fingerprint density at radius 2 is 2.20 bits per heavy atom. The van der Waals surface area contributed by atoms with Crippen molar-refractivity contribution in [2.24, 2.45) is 0 Å². The van der Waals surface area contributed by atoms with E-state index in [2.05, 4.69) is 4.98 Å². The average Bonchev–Trinajstić information content (AvgIpc) is 2.98. The van der Waals surface area contributed by atoms with Crippen LogP contribution < -0.4 is 0 Å². The van der Waals surface area contributed by atoms with E-state index < -0.39 is 0 Å². The summed E-state index contributed by atoms with van der Waals surface area (Å²) >= 11 is 1.44. The van der Waals surface area contributed by atoms with Gasteiger partial charge in [-0.05, 0) is 25.7 Å². The normalized spacial score (nSPS) is 27.1. The molecule has 2 saturated heterocycles. The van der Waals surface area contributed by atoms with E-state index in [0.717, 1.165) is 32.2 Å². The van der Waals surface area contributed by atoms with Crippen molar-refractivity contribution in [3.63, 3.8) is 0 Å². The smallest absolute Gasteiger partial charge is 0.273 e. The van der Waals surface area contributed by atoms with Crippen molar-refractivity contribution < 1.29 is 9.59 Å². The first-order valence-corrected chi connectivity index (χ1v) is 8.01. The Hall–Kier alpha value is -1.43. The molecule has 0 radical (unpaired) electrons. The van der Waals surface area contributed by atoms with Crippen molar-refractivity contribution in [2.75, 3.05) is 20.1 Å². The largest absolute Gasteiger partial charge is 0.338 e. The Bertz CT molecular complexity index is 512. The van der Waals surface area contributed by atoms with Gasteiger partial charge in [0.1, 0.15) is 5.69 Å². The summed E-state index contributed by atoms with van der Waals surface area (Å²) in [5.74, 6) is 0.205. The van der Waals surface area contributed by atoms with Crippen molar-refractivity contribution in [3.8, 4) is 0 Å². The van der Waals surface area contributed by atoms with Gasteiger partial charge in [-0.15, -0.1) is 11.3 Å². The summed E-state index contributed by atoms with van der Waals surface area (Å²) in [4.78, 5) is 32.3. The number of amides is 2. The molecule has 108 valence electrons. The molecule has 5 nitrogen and oxygen atoms in total. The fraction of sp³-hybridized carbons (Fsp3) is 0.643. The molecule has 1 aromatic heterocycles. The zero-order valence-electron chi connectivity index (χ0n) is 11.7. The number of rotatable bonds is 1. The first kappa shape index (κ1) is 13.5. The molecule has 0 aromatic carbocycles. The Morgan fingerprint density at radius 3 is 2.95 bits per heavy atom. The predicted octanol–water partition coefficient (Wildman–Crippen LogP) is 1.76. The molecule has 3 rings (SSSR count). The van der Waals surface area contributed by atoms with Gasteiger partial charge in [-0.2, -0.15) is 0 Å². The van der Waals surface area contributed by atoms with E-state index in [1.165, 1.54) is 11.3 Å². The molecule has 2 fully saturated rings. The van der Waals surface area contributed by atoms with Crippen LogP contribution in [0.1, 0.15) is 42.6 Å². The maximum absolute atomic E-state index is 12.4. The summed E-state index contributed by atoms with van der Waals surface area (Å²) in [6, 6.07) is 0. The molecule has 1 aromatic rings. The Kier molecular flexibility index (Phi) is 3.50. The fourth-order valence-electron chi connectivity index (χ4n) is 3.41. The minimum atomic E-state index is -0.154. The molecule has 1 spiro atoms. The van der Waals surface area contributed by atoms with E-state index in [-0.39, 0.29) is 17.4 Å². The van der Waals surface area contributed by atoms with Crippen LogP contribution in [0, 0.1) is 0 Å². The van der Waals surface area contributed by atoms with Crippen LogP contribution in [0.2, 0.25) is 0 Å². The van der Waals surface area contributed by atoms with Gasteiger partial charge in [0, 0.05) is 31.9 Å². The lowest BCUT2D eigenvalue weighted by Crippen LogP contribution is -2.61. The molecule has 2 aliphatic heterocycles. The lowest BCUT2D eigenvalue weighted by molar-refractivity contribution is -0.142. The van der Waals surface area contributed by atoms with Crippen LogP contribution >= 0.6 is 11.3 Å². The zero-order chi connectivity index (χ0) is 14.2. The summed E-state index contributed by atoms with van der Waals surface area (Å²) in [6.07, 6.45) is 4.51. The zero-order valence-corrected chi connectivity index (χ0v) is 12.5. The van der Waals surface area contributed by atoms with E-state index in [1.807, 2.05) is 16.8 Å². The minimum Gasteiger partial charge on any atom is -0.338 e. The lowest BCUT2D eigenvalue weighted by atomic mass is 9.80. The van der Waals surface area contributed by atoms with Crippen LogP contribution in [-0.2, 0) is 4.79 Å². The van der Waals surface area contributed by atoms with Gasteiger partial charge >= 0.3 is 0 Å². The monoisotopic (exact) mass is 293 g/mol. The number of carbonyl (C=O) groups is 2. The molecule has 0 N–H and O–H groups in total. The molecule has 20 heavy (non-hydrogen) atoms. The number of hydrogen-bond donors (Lipinski definition) is 0. The topological polar surface area (TPSA) is 53.5 Å². The number of carbonyl (C=O) groups excluding carboxylic acids is 2. The SMILES string of the molecule is CN1C(=O)CCC[C@]12CCCN(C(=O)c1cscn1)C2. The van der Waals surface area contributed by atoms with Gasteiger partial charge in [-0.3, -0.25) is 9.59 Å². The van der Waals surface area contributed by atoms with Crippen molar-refractivity contribution in [1.29, 1.82) is 0 Å². The highest BCUT2D eigenvalue weighted by Gasteiger charge is 2.44. The third-order valence-electron chi connectivity index (χ3n) is 4.61. The molecule has 6 heteroatoms. The molecule has 0 saturated carbocycles. The molecule has 0 bridgehead atoms. The van der Waals surface area contributed by atoms with E-state index in [4.69, 9.17) is 0 Å². The number of piperidine rings is 2. The van der Waals surface area contributed by atoms with Crippen molar-refractivity contribution in [1.82, 2.24) is 14.8 Å². The number of aromatic nitrogens is 1. The van der Waals surface area contributed by atoms with E-state index in [9.17, 15) is 9.59 Å². The van der Waals surface area contributed by atoms with E-state index in [0.29, 0.717) is 18.7 Å². The van der Waals surface area contributed by atoms with Gasteiger partial charge in [0.05, 0.1) is 11.0 Å². The van der Waals surface area contributed by atoms with Crippen LogP contribution in [0.15, 0.2) is 10.9 Å². The number of likely N-dealkylation sites (N-methyl/N-ethyl adjacent to an activating group) is 1. The highest BCUT2D eigenvalue weighted by molar-refractivity contribution is 7.07. The minimum absolute atomic E-state index is 0.00301. The van der Waals surface area contributed by atoms with Crippen molar-refractivity contribution in [2.45, 2.75) is 37.6 Å². The Morgan fingerprint density at radius 1 is 1.40 bits per heavy atom. The number of thiazole rings is 1. The molecule has 0 aliphatic carbocycles. The van der Waals surface area contributed by atoms with Gasteiger partial charge in [0.2, 0.25) is 5.91 Å². The average molecular weight is 293 g/mol. The van der Waals surface area contributed by atoms with Crippen LogP contribution in [0.25, 0.3) is 0 Å². The third-order valence-corrected chi connectivity index (χ3v) is 5.20. The molecule has 2 amide bonds. The first-order valence-electron chi connectivity index (χ1n) is 7.06. The predicted molar refractivity (Wildman–Crippen MR) is 76.6 cm³/mol. The van der Waals surface area contributed by atoms with Gasteiger partial charge < -0.3 is 9.80 Å². The lowest BCUT2D eigenvalue weighted by Gasteiger charge is -2.50. The van der Waals surface area contributed by atoms with Gasteiger partial charge in [0.15, 0.2) is 0 Å². The first-order chi connectivity index (χ1) is 9.62. The Labute approximate surface area is 122 Å². The summed E-state index contributed by atoms with van der Waals surface area (Å²) in [6.45, 7) is 1.41. The van der Waals surface area contributed by atoms with Gasteiger partial charge in [0.25, 0.3) is 5.91 Å². The standard InChI is InChI=1S/C14H19N3O2S/c1-16-12(18)4-2-5-14(16)6-3-7-17(9-14)13(19)11-8-20-10-15-11/h8,10H,2-7,9H2,1H3/t14-/m1/s1. The number of nitrogens with zero attached hydrogens (tertiary/aromatic N) is 3. The maximum atomic E-state index is 12.4. The highest BCUT2D eigenvalue weighted by atomic mass is 32.1. The molecule has 3 heterocycles. The second-order valence-corrected chi connectivity index (χ2v) is 6.45. The van der Waals surface area contributed by atoms with E-state index >= 15 is 0 Å². The van der Waals surface area contributed by atoms with Crippen molar-refractivity contribution in [3.05, 3.63) is 16.6 Å². The van der Waals surface area contributed by atoms with Crippen LogP contribution in [0.3, 0.4) is 0 Å².